The second-order valence-electron chi connectivity index (χ2n) is 5.11. The summed E-state index contributed by atoms with van der Waals surface area (Å²) in [5.41, 5.74) is 4.05. The Morgan fingerprint density at radius 3 is 2.32 bits per heavy atom. The lowest BCUT2D eigenvalue weighted by atomic mass is 10.0. The van der Waals surface area contributed by atoms with Gasteiger partial charge in [-0.05, 0) is 23.7 Å². The van der Waals surface area contributed by atoms with E-state index < -0.39 is 0 Å². The highest BCUT2D eigenvalue weighted by atomic mass is 32.2. The maximum atomic E-state index is 2.42. The number of thioether (sulfide) groups is 1. The van der Waals surface area contributed by atoms with Crippen molar-refractivity contribution in [3.8, 4) is 11.1 Å². The van der Waals surface area contributed by atoms with Gasteiger partial charge in [-0.1, -0.05) is 54.6 Å². The van der Waals surface area contributed by atoms with Crippen molar-refractivity contribution >= 4 is 11.8 Å². The summed E-state index contributed by atoms with van der Waals surface area (Å²) in [6.07, 6.45) is 0. The molecule has 2 aromatic rings. The van der Waals surface area contributed by atoms with Gasteiger partial charge in [0.25, 0.3) is 0 Å². The Morgan fingerprint density at radius 1 is 0.947 bits per heavy atom. The number of benzene rings is 2. The molecule has 1 heterocycles. The maximum absolute atomic E-state index is 2.42. The van der Waals surface area contributed by atoms with Crippen LogP contribution in [-0.4, -0.2) is 30.8 Å². The summed E-state index contributed by atoms with van der Waals surface area (Å²) in [7, 11) is 2.21. The summed E-state index contributed by atoms with van der Waals surface area (Å²) in [6, 6.07) is 19.7. The van der Waals surface area contributed by atoms with Crippen molar-refractivity contribution in [1.29, 1.82) is 0 Å². The second-order valence-corrected chi connectivity index (χ2v) is 6.42. The van der Waals surface area contributed by atoms with Crippen LogP contribution in [0.25, 0.3) is 11.1 Å². The van der Waals surface area contributed by atoms with Gasteiger partial charge in [0.1, 0.15) is 0 Å². The van der Waals surface area contributed by atoms with Gasteiger partial charge in [0.2, 0.25) is 0 Å². The van der Waals surface area contributed by atoms with Crippen LogP contribution in [-0.2, 0) is 0 Å². The van der Waals surface area contributed by atoms with Crippen LogP contribution in [0.1, 0.15) is 10.8 Å². The van der Waals surface area contributed by atoms with Gasteiger partial charge in [-0.2, -0.15) is 11.8 Å². The molecular weight excluding hydrogens is 250 g/mol. The molecule has 1 atom stereocenters. The molecule has 98 valence electrons. The Balaban J connectivity index is 1.79. The Bertz CT molecular complexity index is 521. The number of nitrogens with zero attached hydrogens (tertiary/aromatic N) is 1. The summed E-state index contributed by atoms with van der Waals surface area (Å²) < 4.78 is 0. The topological polar surface area (TPSA) is 3.24 Å². The summed E-state index contributed by atoms with van der Waals surface area (Å²) >= 11 is 2.08. The molecule has 2 aromatic carbocycles. The fraction of sp³-hybridized carbons (Fsp3) is 0.294. The van der Waals surface area contributed by atoms with E-state index in [-0.39, 0.29) is 0 Å². The Labute approximate surface area is 119 Å². The average molecular weight is 269 g/mol. The van der Waals surface area contributed by atoms with Crippen molar-refractivity contribution in [3.63, 3.8) is 0 Å². The Kier molecular flexibility index (Phi) is 3.90. The Morgan fingerprint density at radius 2 is 1.63 bits per heavy atom. The molecule has 1 aliphatic rings. The predicted molar refractivity (Wildman–Crippen MR) is 84.6 cm³/mol. The van der Waals surface area contributed by atoms with Crippen LogP contribution in [0.15, 0.2) is 54.6 Å². The summed E-state index contributed by atoms with van der Waals surface area (Å²) in [4.78, 5) is 2.42. The molecule has 1 fully saturated rings. The molecule has 3 rings (SSSR count). The molecule has 0 saturated carbocycles. The van der Waals surface area contributed by atoms with E-state index in [1.165, 1.54) is 29.0 Å². The van der Waals surface area contributed by atoms with Gasteiger partial charge < -0.3 is 4.90 Å². The minimum atomic E-state index is 0.628. The normalized spacial score (nSPS) is 20.4. The zero-order valence-corrected chi connectivity index (χ0v) is 12.1. The third-order valence-electron chi connectivity index (χ3n) is 3.66. The molecule has 0 aromatic heterocycles. The monoisotopic (exact) mass is 269 g/mol. The molecule has 1 aliphatic heterocycles. The van der Waals surface area contributed by atoms with Crippen LogP contribution in [0.3, 0.4) is 0 Å². The molecule has 0 aliphatic carbocycles. The van der Waals surface area contributed by atoms with Crippen molar-refractivity contribution < 1.29 is 0 Å². The van der Waals surface area contributed by atoms with Gasteiger partial charge in [-0.15, -0.1) is 0 Å². The van der Waals surface area contributed by atoms with E-state index in [1.807, 2.05) is 0 Å². The molecule has 0 N–H and O–H groups in total. The lowest BCUT2D eigenvalue weighted by Crippen LogP contribution is -2.30. The van der Waals surface area contributed by atoms with Crippen LogP contribution < -0.4 is 0 Å². The van der Waals surface area contributed by atoms with E-state index in [9.17, 15) is 0 Å². The van der Waals surface area contributed by atoms with E-state index in [4.69, 9.17) is 0 Å². The molecule has 1 unspecified atom stereocenters. The number of hydrogen-bond acceptors (Lipinski definition) is 2. The first kappa shape index (κ1) is 12.8. The smallest absolute Gasteiger partial charge is 0.0424 e. The molecule has 0 amide bonds. The SMILES string of the molecule is CN1CCSC(c2ccc(-c3ccccc3)cc2)C1. The average Bonchev–Trinajstić information content (AvgIpc) is 2.48. The van der Waals surface area contributed by atoms with Gasteiger partial charge in [-0.3, -0.25) is 0 Å². The minimum Gasteiger partial charge on any atom is -0.304 e. The summed E-state index contributed by atoms with van der Waals surface area (Å²) in [5, 5.41) is 0.628. The highest BCUT2D eigenvalue weighted by Gasteiger charge is 2.19. The summed E-state index contributed by atoms with van der Waals surface area (Å²) in [5.74, 6) is 1.24. The van der Waals surface area contributed by atoms with Gasteiger partial charge in [-0.25, -0.2) is 0 Å². The molecular formula is C17H19NS. The Hall–Kier alpha value is -1.25. The highest BCUT2D eigenvalue weighted by Crippen LogP contribution is 2.33. The molecule has 0 radical (unpaired) electrons. The fourth-order valence-electron chi connectivity index (χ4n) is 2.50. The van der Waals surface area contributed by atoms with Crippen molar-refractivity contribution in [2.45, 2.75) is 5.25 Å². The van der Waals surface area contributed by atoms with Crippen LogP contribution in [0.5, 0.6) is 0 Å². The van der Waals surface area contributed by atoms with Crippen LogP contribution >= 0.6 is 11.8 Å². The highest BCUT2D eigenvalue weighted by molar-refractivity contribution is 7.99. The van der Waals surface area contributed by atoms with E-state index in [0.29, 0.717) is 5.25 Å². The summed E-state index contributed by atoms with van der Waals surface area (Å²) in [6.45, 7) is 2.37. The minimum absolute atomic E-state index is 0.628. The first-order valence-corrected chi connectivity index (χ1v) is 7.83. The number of hydrogen-bond donors (Lipinski definition) is 0. The van der Waals surface area contributed by atoms with Crippen LogP contribution in [0.2, 0.25) is 0 Å². The first-order chi connectivity index (χ1) is 9.33. The second kappa shape index (κ2) is 5.81. The van der Waals surface area contributed by atoms with E-state index in [1.54, 1.807) is 0 Å². The van der Waals surface area contributed by atoms with E-state index >= 15 is 0 Å². The van der Waals surface area contributed by atoms with Crippen molar-refractivity contribution in [2.24, 2.45) is 0 Å². The van der Waals surface area contributed by atoms with Crippen LogP contribution in [0, 0.1) is 0 Å². The van der Waals surface area contributed by atoms with E-state index in [2.05, 4.69) is 78.3 Å². The van der Waals surface area contributed by atoms with Gasteiger partial charge >= 0.3 is 0 Å². The molecule has 19 heavy (non-hydrogen) atoms. The zero-order chi connectivity index (χ0) is 13.1. The third-order valence-corrected chi connectivity index (χ3v) is 4.90. The predicted octanol–water partition coefficient (Wildman–Crippen LogP) is 4.07. The van der Waals surface area contributed by atoms with Crippen LogP contribution in [0.4, 0.5) is 0 Å². The van der Waals surface area contributed by atoms with Crippen molar-refractivity contribution in [1.82, 2.24) is 4.90 Å². The largest absolute Gasteiger partial charge is 0.304 e. The maximum Gasteiger partial charge on any atom is 0.0424 e. The molecule has 0 spiro atoms. The zero-order valence-electron chi connectivity index (χ0n) is 11.3. The lowest BCUT2D eigenvalue weighted by molar-refractivity contribution is 0.347. The molecule has 0 bridgehead atoms. The van der Waals surface area contributed by atoms with E-state index in [0.717, 1.165) is 6.54 Å². The first-order valence-electron chi connectivity index (χ1n) is 6.78. The van der Waals surface area contributed by atoms with Crippen molar-refractivity contribution in [3.05, 3.63) is 60.2 Å². The third kappa shape index (κ3) is 3.02. The molecule has 2 heteroatoms. The number of rotatable bonds is 2. The van der Waals surface area contributed by atoms with Crippen molar-refractivity contribution in [2.75, 3.05) is 25.9 Å². The van der Waals surface area contributed by atoms with Gasteiger partial charge in [0, 0.05) is 24.1 Å². The fourth-order valence-corrected chi connectivity index (χ4v) is 3.91. The molecule has 1 nitrogen and oxygen atoms in total. The lowest BCUT2D eigenvalue weighted by Gasteiger charge is -2.29. The van der Waals surface area contributed by atoms with Gasteiger partial charge in [0.05, 0.1) is 0 Å². The quantitative estimate of drug-likeness (QED) is 0.808. The number of likely N-dealkylation sites (N-methyl/N-ethyl adjacent to an activating group) is 1. The standard InChI is InChI=1S/C17H19NS/c1-18-11-12-19-17(13-18)16-9-7-15(8-10-16)14-5-3-2-4-6-14/h2-10,17H,11-13H2,1H3. The molecule has 1 saturated heterocycles. The van der Waals surface area contributed by atoms with Gasteiger partial charge in [0.15, 0.2) is 0 Å².